The van der Waals surface area contributed by atoms with Crippen LogP contribution in [0, 0.1) is 13.8 Å². The molecule has 5 aromatic rings. The first-order chi connectivity index (χ1) is 18.4. The zero-order valence-corrected chi connectivity index (χ0v) is 22.1. The van der Waals surface area contributed by atoms with Crippen molar-refractivity contribution >= 4 is 33.8 Å². The molecule has 1 N–H and O–H groups in total. The Morgan fingerprint density at radius 1 is 1.11 bits per heavy atom. The predicted octanol–water partition coefficient (Wildman–Crippen LogP) is 4.47. The molecule has 2 aromatic carbocycles. The van der Waals surface area contributed by atoms with Crippen molar-refractivity contribution in [2.24, 2.45) is 0 Å². The SMILES string of the molecule is Cc1nc2scc(CC(=O)NCc3ccc4c(c3)OCO4)n2c(=O)c1-c1cc(C)n(-c2ccc(Cl)cc2)n1. The monoisotopic (exact) mass is 547 g/mol. The second-order valence-electron chi connectivity index (χ2n) is 8.92. The number of ether oxygens (including phenoxy) is 2. The number of aromatic nitrogens is 4. The number of hydrogen-bond donors (Lipinski definition) is 1. The maximum atomic E-state index is 13.7. The molecule has 192 valence electrons. The smallest absolute Gasteiger partial charge is 0.268 e. The summed E-state index contributed by atoms with van der Waals surface area (Å²) in [6.07, 6.45) is 0.0346. The van der Waals surface area contributed by atoms with Gasteiger partial charge in [0, 0.05) is 28.3 Å². The zero-order chi connectivity index (χ0) is 26.4. The van der Waals surface area contributed by atoms with Gasteiger partial charge in [-0.05, 0) is 61.9 Å². The topological polar surface area (TPSA) is 99.8 Å². The van der Waals surface area contributed by atoms with Gasteiger partial charge in [-0.1, -0.05) is 17.7 Å². The van der Waals surface area contributed by atoms with E-state index in [0.29, 0.717) is 50.7 Å². The summed E-state index contributed by atoms with van der Waals surface area (Å²) in [5.74, 6) is 1.14. The molecule has 4 heterocycles. The minimum atomic E-state index is -0.256. The van der Waals surface area contributed by atoms with Crippen LogP contribution in [-0.2, 0) is 17.8 Å². The van der Waals surface area contributed by atoms with Crippen LogP contribution in [0.4, 0.5) is 0 Å². The molecular formula is C27H22ClN5O4S. The van der Waals surface area contributed by atoms with E-state index in [4.69, 9.17) is 26.2 Å². The van der Waals surface area contributed by atoms with Gasteiger partial charge in [0.15, 0.2) is 16.5 Å². The third kappa shape index (κ3) is 4.42. The van der Waals surface area contributed by atoms with Gasteiger partial charge in [-0.2, -0.15) is 5.10 Å². The number of aryl methyl sites for hydroxylation is 2. The fraction of sp³-hybridized carbons (Fsp3) is 0.185. The fourth-order valence-electron chi connectivity index (χ4n) is 4.44. The van der Waals surface area contributed by atoms with E-state index < -0.39 is 0 Å². The molecule has 0 bridgehead atoms. The Morgan fingerprint density at radius 2 is 1.89 bits per heavy atom. The summed E-state index contributed by atoms with van der Waals surface area (Å²) in [5.41, 5.74) is 4.40. The average Bonchev–Trinajstić information content (AvgIpc) is 3.62. The Bertz CT molecular complexity index is 1760. The van der Waals surface area contributed by atoms with Crippen LogP contribution in [0.5, 0.6) is 11.5 Å². The molecule has 0 fully saturated rings. The minimum absolute atomic E-state index is 0.0346. The number of carbonyl (C=O) groups is 1. The molecule has 0 saturated carbocycles. The van der Waals surface area contributed by atoms with E-state index >= 15 is 0 Å². The van der Waals surface area contributed by atoms with E-state index in [-0.39, 0.29) is 24.7 Å². The number of nitrogens with zero attached hydrogens (tertiary/aromatic N) is 4. The lowest BCUT2D eigenvalue weighted by atomic mass is 10.1. The molecule has 0 radical (unpaired) electrons. The number of hydrogen-bond acceptors (Lipinski definition) is 7. The number of thiazole rings is 1. The van der Waals surface area contributed by atoms with E-state index in [2.05, 4.69) is 10.3 Å². The first kappa shape index (κ1) is 24.2. The molecule has 1 aliphatic heterocycles. The summed E-state index contributed by atoms with van der Waals surface area (Å²) >= 11 is 7.36. The number of fused-ring (bicyclic) bond motifs is 2. The molecule has 0 atom stereocenters. The second kappa shape index (κ2) is 9.62. The lowest BCUT2D eigenvalue weighted by Crippen LogP contribution is -2.27. The van der Waals surface area contributed by atoms with Crippen LogP contribution in [-0.4, -0.2) is 31.9 Å². The summed E-state index contributed by atoms with van der Waals surface area (Å²) in [5, 5.41) is 10.0. The molecule has 0 saturated heterocycles. The Hall–Kier alpha value is -4.15. The molecule has 1 aliphatic rings. The van der Waals surface area contributed by atoms with Crippen LogP contribution >= 0.6 is 22.9 Å². The molecule has 38 heavy (non-hydrogen) atoms. The quantitative estimate of drug-likeness (QED) is 0.337. The van der Waals surface area contributed by atoms with E-state index in [1.54, 1.807) is 29.1 Å². The van der Waals surface area contributed by atoms with Crippen LogP contribution in [0.15, 0.2) is 58.7 Å². The van der Waals surface area contributed by atoms with Gasteiger partial charge in [0.25, 0.3) is 5.56 Å². The summed E-state index contributed by atoms with van der Waals surface area (Å²) < 4.78 is 14.0. The summed E-state index contributed by atoms with van der Waals surface area (Å²) in [4.78, 5) is 31.7. The Morgan fingerprint density at radius 3 is 2.71 bits per heavy atom. The van der Waals surface area contributed by atoms with Crippen molar-refractivity contribution < 1.29 is 14.3 Å². The van der Waals surface area contributed by atoms with Crippen molar-refractivity contribution in [3.05, 3.63) is 91.9 Å². The number of carbonyl (C=O) groups excluding carboxylic acids is 1. The highest BCUT2D eigenvalue weighted by Crippen LogP contribution is 2.32. The summed E-state index contributed by atoms with van der Waals surface area (Å²) in [6, 6.07) is 14.7. The van der Waals surface area contributed by atoms with E-state index in [1.807, 2.05) is 43.3 Å². The van der Waals surface area contributed by atoms with Crippen LogP contribution in [0.2, 0.25) is 5.02 Å². The largest absolute Gasteiger partial charge is 0.454 e. The number of benzene rings is 2. The maximum absolute atomic E-state index is 13.7. The lowest BCUT2D eigenvalue weighted by Gasteiger charge is -2.08. The number of halogens is 1. The first-order valence-electron chi connectivity index (χ1n) is 11.9. The third-order valence-electron chi connectivity index (χ3n) is 6.30. The highest BCUT2D eigenvalue weighted by molar-refractivity contribution is 7.15. The van der Waals surface area contributed by atoms with E-state index in [1.165, 1.54) is 15.7 Å². The highest BCUT2D eigenvalue weighted by atomic mass is 35.5. The van der Waals surface area contributed by atoms with E-state index in [9.17, 15) is 9.59 Å². The van der Waals surface area contributed by atoms with Gasteiger partial charge in [-0.3, -0.25) is 14.0 Å². The van der Waals surface area contributed by atoms with Gasteiger partial charge in [-0.15, -0.1) is 11.3 Å². The van der Waals surface area contributed by atoms with Gasteiger partial charge in [0.1, 0.15) is 5.69 Å². The lowest BCUT2D eigenvalue weighted by molar-refractivity contribution is -0.120. The molecule has 0 spiro atoms. The normalized spacial score (nSPS) is 12.3. The Labute approximate surface area is 226 Å². The minimum Gasteiger partial charge on any atom is -0.454 e. The van der Waals surface area contributed by atoms with Crippen molar-refractivity contribution in [1.82, 2.24) is 24.5 Å². The molecule has 3 aromatic heterocycles. The number of nitrogens with one attached hydrogen (secondary N) is 1. The van der Waals surface area contributed by atoms with Crippen LogP contribution in [0.1, 0.15) is 22.6 Å². The van der Waals surface area contributed by atoms with Crippen LogP contribution < -0.4 is 20.3 Å². The summed E-state index contributed by atoms with van der Waals surface area (Å²) in [7, 11) is 0. The standard InChI is InChI=1S/C27H22ClN5O4S/c1-15-9-21(31-33(15)19-6-4-18(28)5-7-19)25-16(2)30-27-32(26(25)35)20(13-38-27)11-24(34)29-12-17-3-8-22-23(10-17)37-14-36-22/h3-10,13H,11-12,14H2,1-2H3,(H,29,34). The number of amides is 1. The molecule has 6 rings (SSSR count). The maximum Gasteiger partial charge on any atom is 0.268 e. The molecular weight excluding hydrogens is 526 g/mol. The predicted molar refractivity (Wildman–Crippen MR) is 144 cm³/mol. The van der Waals surface area contributed by atoms with Gasteiger partial charge in [0.05, 0.1) is 23.4 Å². The van der Waals surface area contributed by atoms with Crippen molar-refractivity contribution in [2.45, 2.75) is 26.8 Å². The van der Waals surface area contributed by atoms with Gasteiger partial charge in [0.2, 0.25) is 12.7 Å². The van der Waals surface area contributed by atoms with Gasteiger partial charge >= 0.3 is 0 Å². The number of rotatable bonds is 6. The van der Waals surface area contributed by atoms with Crippen LogP contribution in [0.3, 0.4) is 0 Å². The van der Waals surface area contributed by atoms with E-state index in [0.717, 1.165) is 16.9 Å². The molecule has 0 aliphatic carbocycles. The average molecular weight is 548 g/mol. The molecule has 11 heteroatoms. The van der Waals surface area contributed by atoms with Crippen LogP contribution in [0.25, 0.3) is 21.9 Å². The van der Waals surface area contributed by atoms with Crippen molar-refractivity contribution in [3.63, 3.8) is 0 Å². The van der Waals surface area contributed by atoms with Crippen molar-refractivity contribution in [3.8, 4) is 28.4 Å². The van der Waals surface area contributed by atoms with Crippen molar-refractivity contribution in [1.29, 1.82) is 0 Å². The highest BCUT2D eigenvalue weighted by Gasteiger charge is 2.20. The van der Waals surface area contributed by atoms with Gasteiger partial charge < -0.3 is 14.8 Å². The fourth-order valence-corrected chi connectivity index (χ4v) is 5.49. The third-order valence-corrected chi connectivity index (χ3v) is 7.43. The zero-order valence-electron chi connectivity index (χ0n) is 20.5. The first-order valence-corrected chi connectivity index (χ1v) is 13.1. The Balaban J connectivity index is 1.27. The molecule has 0 unspecified atom stereocenters. The molecule has 9 nitrogen and oxygen atoms in total. The summed E-state index contributed by atoms with van der Waals surface area (Å²) in [6.45, 7) is 4.24. The molecule has 1 amide bonds. The van der Waals surface area contributed by atoms with Crippen molar-refractivity contribution in [2.75, 3.05) is 6.79 Å². The second-order valence-corrected chi connectivity index (χ2v) is 10.2. The van der Waals surface area contributed by atoms with Gasteiger partial charge in [-0.25, -0.2) is 9.67 Å². The Kier molecular flexibility index (Phi) is 6.13.